The highest BCUT2D eigenvalue weighted by Gasteiger charge is 2.36. The van der Waals surface area contributed by atoms with E-state index in [9.17, 15) is 14.7 Å². The number of piperidine rings is 1. The number of aromatic nitrogens is 2. The van der Waals surface area contributed by atoms with E-state index in [0.29, 0.717) is 24.7 Å². The number of likely N-dealkylation sites (tertiary alicyclic amines) is 1. The van der Waals surface area contributed by atoms with Gasteiger partial charge in [-0.2, -0.15) is 0 Å². The predicted octanol–water partition coefficient (Wildman–Crippen LogP) is 2.27. The summed E-state index contributed by atoms with van der Waals surface area (Å²) in [5.41, 5.74) is 1.89. The minimum atomic E-state index is -0.649. The molecule has 1 aromatic carbocycles. The summed E-state index contributed by atoms with van der Waals surface area (Å²) in [4.78, 5) is 42.0. The molecule has 0 saturated carbocycles. The van der Waals surface area contributed by atoms with E-state index in [1.807, 2.05) is 24.8 Å². The van der Waals surface area contributed by atoms with Gasteiger partial charge >= 0.3 is 6.09 Å². The molecule has 4 heterocycles. The maximum Gasteiger partial charge on any atom is 0.410 e. The van der Waals surface area contributed by atoms with Crippen molar-refractivity contribution in [1.29, 1.82) is 0 Å². The lowest BCUT2D eigenvalue weighted by Crippen LogP contribution is -2.59. The second-order valence-electron chi connectivity index (χ2n) is 10.5. The lowest BCUT2D eigenvalue weighted by molar-refractivity contribution is -0.117. The Kier molecular flexibility index (Phi) is 7.57. The van der Waals surface area contributed by atoms with Crippen LogP contribution in [0.25, 0.3) is 0 Å². The highest BCUT2D eigenvalue weighted by Crippen LogP contribution is 2.25. The van der Waals surface area contributed by atoms with Gasteiger partial charge in [-0.3, -0.25) is 14.6 Å². The van der Waals surface area contributed by atoms with Crippen LogP contribution in [0.1, 0.15) is 38.7 Å². The number of aliphatic hydroxyl groups excluding tert-OH is 1. The van der Waals surface area contributed by atoms with Crippen molar-refractivity contribution < 1.29 is 19.4 Å². The third kappa shape index (κ3) is 5.86. The van der Waals surface area contributed by atoms with Crippen molar-refractivity contribution in [2.45, 2.75) is 63.9 Å². The topological polar surface area (TPSA) is 102 Å². The Morgan fingerprint density at radius 2 is 1.68 bits per heavy atom. The molecule has 3 aliphatic rings. The molecule has 1 unspecified atom stereocenters. The van der Waals surface area contributed by atoms with Gasteiger partial charge in [0.2, 0.25) is 11.9 Å². The maximum atomic E-state index is 13.1. The molecule has 0 aliphatic carbocycles. The average molecular weight is 509 g/mol. The molecular weight excluding hydrogens is 472 g/mol. The zero-order valence-corrected chi connectivity index (χ0v) is 21.6. The van der Waals surface area contributed by atoms with Crippen LogP contribution in [0, 0.1) is 0 Å². The Hall–Kier alpha value is -3.24. The number of benzene rings is 1. The van der Waals surface area contributed by atoms with Crippen molar-refractivity contribution in [2.75, 3.05) is 42.5 Å². The molecule has 1 aromatic heterocycles. The van der Waals surface area contributed by atoms with Crippen LogP contribution >= 0.6 is 0 Å². The van der Waals surface area contributed by atoms with E-state index in [1.54, 1.807) is 12.4 Å². The van der Waals surface area contributed by atoms with Crippen LogP contribution in [-0.4, -0.2) is 93.9 Å². The van der Waals surface area contributed by atoms with E-state index in [1.165, 1.54) is 10.5 Å². The van der Waals surface area contributed by atoms with E-state index in [2.05, 4.69) is 44.0 Å². The Labute approximate surface area is 217 Å². The number of aliphatic hydroxyl groups is 1. The Balaban J connectivity index is 1.12. The molecule has 0 spiro atoms. The van der Waals surface area contributed by atoms with Crippen LogP contribution in [-0.2, 0) is 16.1 Å². The molecule has 2 aromatic rings. The summed E-state index contributed by atoms with van der Waals surface area (Å²) in [6, 6.07) is 10.3. The van der Waals surface area contributed by atoms with E-state index in [-0.39, 0.29) is 43.2 Å². The molecule has 3 saturated heterocycles. The highest BCUT2D eigenvalue weighted by molar-refractivity contribution is 5.95. The number of nitrogens with zero attached hydrogens (tertiary/aromatic N) is 6. The number of β-amino-alcohol motifs (C(OH)–C–C–N with tert-alkyl or cyclic N) is 1. The summed E-state index contributed by atoms with van der Waals surface area (Å²) in [5.74, 6) is 0.438. The first kappa shape index (κ1) is 25.4. The first-order chi connectivity index (χ1) is 17.9. The van der Waals surface area contributed by atoms with Crippen LogP contribution in [0.15, 0.2) is 42.7 Å². The molecule has 1 N–H and O–H groups in total. The largest absolute Gasteiger partial charge is 0.446 e. The number of carbonyl (C=O) groups is 2. The number of piperazine rings is 1. The van der Waals surface area contributed by atoms with E-state index in [0.717, 1.165) is 32.5 Å². The van der Waals surface area contributed by atoms with Crippen LogP contribution in [0.4, 0.5) is 16.4 Å². The SMILES string of the molecule is C[C@@H]1CN(c2ncc(N3CC(O)CC3=O)cn2)C[C@H](C)N1C(=O)OC1CCN(Cc2ccccc2)CC1. The molecule has 10 heteroatoms. The summed E-state index contributed by atoms with van der Waals surface area (Å²) in [5, 5.41) is 9.73. The lowest BCUT2D eigenvalue weighted by atomic mass is 10.1. The Bertz CT molecular complexity index is 1060. The number of rotatable bonds is 5. The Morgan fingerprint density at radius 3 is 2.27 bits per heavy atom. The first-order valence-electron chi connectivity index (χ1n) is 13.2. The van der Waals surface area contributed by atoms with Gasteiger partial charge in [0.15, 0.2) is 0 Å². The van der Waals surface area contributed by atoms with Crippen LogP contribution in [0.2, 0.25) is 0 Å². The van der Waals surface area contributed by atoms with Crippen molar-refractivity contribution >= 4 is 23.6 Å². The van der Waals surface area contributed by atoms with Gasteiger partial charge < -0.3 is 19.6 Å². The standard InChI is InChI=1S/C27H36N6O4/c1-19-15-31(26-28-13-22(14-29-26)32-18-23(34)12-25(32)35)16-20(2)33(19)27(36)37-24-8-10-30(11-9-24)17-21-6-4-3-5-7-21/h3-7,13-14,19-20,23-24,34H,8-12,15-18H2,1-2H3/t19-,20+,23?. The van der Waals surface area contributed by atoms with Crippen LogP contribution in [0.3, 0.4) is 0 Å². The molecule has 10 nitrogen and oxygen atoms in total. The number of carbonyl (C=O) groups excluding carboxylic acids is 2. The minimum absolute atomic E-state index is 0.0559. The van der Waals surface area contributed by atoms with Gasteiger partial charge in [-0.05, 0) is 32.3 Å². The smallest absolute Gasteiger partial charge is 0.410 e. The zero-order valence-electron chi connectivity index (χ0n) is 21.6. The minimum Gasteiger partial charge on any atom is -0.446 e. The second kappa shape index (κ2) is 11.0. The fourth-order valence-electron chi connectivity index (χ4n) is 5.63. The summed E-state index contributed by atoms with van der Waals surface area (Å²) in [6.07, 6.45) is 4.11. The van der Waals surface area contributed by atoms with Crippen molar-refractivity contribution in [3.63, 3.8) is 0 Å². The van der Waals surface area contributed by atoms with E-state index >= 15 is 0 Å². The van der Waals surface area contributed by atoms with Gasteiger partial charge in [-0.1, -0.05) is 30.3 Å². The quantitative estimate of drug-likeness (QED) is 0.656. The van der Waals surface area contributed by atoms with Gasteiger partial charge in [-0.15, -0.1) is 0 Å². The maximum absolute atomic E-state index is 13.1. The molecular formula is C27H36N6O4. The fourth-order valence-corrected chi connectivity index (χ4v) is 5.63. The van der Waals surface area contributed by atoms with Crippen molar-refractivity contribution in [3.05, 3.63) is 48.3 Å². The first-order valence-corrected chi connectivity index (χ1v) is 13.2. The highest BCUT2D eigenvalue weighted by atomic mass is 16.6. The predicted molar refractivity (Wildman–Crippen MR) is 139 cm³/mol. The van der Waals surface area contributed by atoms with E-state index < -0.39 is 6.10 Å². The number of amides is 2. The van der Waals surface area contributed by atoms with Gasteiger partial charge in [0, 0.05) is 32.7 Å². The molecule has 0 radical (unpaired) electrons. The monoisotopic (exact) mass is 508 g/mol. The fraction of sp³-hybridized carbons (Fsp3) is 0.556. The molecule has 3 aliphatic heterocycles. The summed E-state index contributed by atoms with van der Waals surface area (Å²) >= 11 is 0. The third-order valence-corrected chi connectivity index (χ3v) is 7.50. The molecule has 5 rings (SSSR count). The van der Waals surface area contributed by atoms with Gasteiger partial charge in [0.25, 0.3) is 0 Å². The number of ether oxygens (including phenoxy) is 1. The molecule has 3 atom stereocenters. The Morgan fingerprint density at radius 1 is 1.03 bits per heavy atom. The summed E-state index contributed by atoms with van der Waals surface area (Å²) < 4.78 is 5.96. The van der Waals surface area contributed by atoms with Crippen molar-refractivity contribution in [2.24, 2.45) is 0 Å². The molecule has 3 fully saturated rings. The lowest BCUT2D eigenvalue weighted by Gasteiger charge is -2.44. The molecule has 37 heavy (non-hydrogen) atoms. The van der Waals surface area contributed by atoms with Gasteiger partial charge in [-0.25, -0.2) is 14.8 Å². The van der Waals surface area contributed by atoms with Crippen LogP contribution in [0.5, 0.6) is 0 Å². The number of anilines is 2. The van der Waals surface area contributed by atoms with E-state index in [4.69, 9.17) is 4.74 Å². The van der Waals surface area contributed by atoms with Crippen LogP contribution < -0.4 is 9.80 Å². The number of hydrogen-bond acceptors (Lipinski definition) is 8. The van der Waals surface area contributed by atoms with Gasteiger partial charge in [0.05, 0.1) is 49.2 Å². The van der Waals surface area contributed by atoms with Gasteiger partial charge in [0.1, 0.15) is 6.10 Å². The van der Waals surface area contributed by atoms with Crippen molar-refractivity contribution in [3.8, 4) is 0 Å². The number of hydrogen-bond donors (Lipinski definition) is 1. The van der Waals surface area contributed by atoms with Crippen molar-refractivity contribution in [1.82, 2.24) is 19.8 Å². The summed E-state index contributed by atoms with van der Waals surface area (Å²) in [6.45, 7) is 8.25. The molecule has 0 bridgehead atoms. The molecule has 2 amide bonds. The third-order valence-electron chi connectivity index (χ3n) is 7.50. The summed E-state index contributed by atoms with van der Waals surface area (Å²) in [7, 11) is 0. The normalized spacial score (nSPS) is 25.5. The second-order valence-corrected chi connectivity index (χ2v) is 10.5. The zero-order chi connectivity index (χ0) is 25.9. The molecule has 198 valence electrons. The average Bonchev–Trinajstić information content (AvgIpc) is 3.23.